The summed E-state index contributed by atoms with van der Waals surface area (Å²) in [5, 5.41) is 0. The molecule has 2 rings (SSSR count). The van der Waals surface area contributed by atoms with Gasteiger partial charge in [-0.05, 0) is 37.1 Å². The monoisotopic (exact) mass is 272 g/mol. The number of benzene rings is 1. The molecule has 0 bridgehead atoms. The van der Waals surface area contributed by atoms with E-state index in [-0.39, 0.29) is 0 Å². The van der Waals surface area contributed by atoms with Crippen LogP contribution in [-0.2, 0) is 13.0 Å². The first kappa shape index (κ1) is 14.3. The Morgan fingerprint density at radius 2 is 1.95 bits per heavy atom. The van der Waals surface area contributed by atoms with E-state index in [1.165, 1.54) is 5.56 Å². The van der Waals surface area contributed by atoms with Gasteiger partial charge < -0.3 is 15.2 Å². The average Bonchev–Trinajstić information content (AvgIpc) is 2.48. The van der Waals surface area contributed by atoms with Crippen molar-refractivity contribution in [3.8, 4) is 17.4 Å². The van der Waals surface area contributed by atoms with E-state index in [9.17, 15) is 0 Å². The summed E-state index contributed by atoms with van der Waals surface area (Å²) in [5.41, 5.74) is 8.68. The maximum Gasteiger partial charge on any atom is 0.224 e. The Morgan fingerprint density at radius 3 is 2.60 bits per heavy atom. The van der Waals surface area contributed by atoms with Crippen molar-refractivity contribution in [2.24, 2.45) is 5.73 Å². The topological polar surface area (TPSA) is 57.4 Å². The number of pyridine rings is 1. The van der Waals surface area contributed by atoms with Crippen LogP contribution >= 0.6 is 0 Å². The number of nitrogens with zero attached hydrogens (tertiary/aromatic N) is 1. The minimum atomic E-state index is 0.387. The van der Waals surface area contributed by atoms with Gasteiger partial charge in [0, 0.05) is 17.8 Å². The minimum absolute atomic E-state index is 0.387. The molecular formula is C16H20N2O2. The summed E-state index contributed by atoms with van der Waals surface area (Å²) in [5.74, 6) is 1.89. The van der Waals surface area contributed by atoms with Gasteiger partial charge in [-0.15, -0.1) is 0 Å². The zero-order chi connectivity index (χ0) is 14.5. The summed E-state index contributed by atoms with van der Waals surface area (Å²) in [6, 6.07) is 9.77. The van der Waals surface area contributed by atoms with Crippen molar-refractivity contribution in [2.75, 3.05) is 7.11 Å². The van der Waals surface area contributed by atoms with Gasteiger partial charge in [-0.1, -0.05) is 19.1 Å². The molecule has 0 saturated heterocycles. The Balaban J connectivity index is 2.36. The predicted molar refractivity (Wildman–Crippen MR) is 79.3 cm³/mol. The van der Waals surface area contributed by atoms with Crippen LogP contribution < -0.4 is 15.2 Å². The number of methoxy groups -OCH3 is 1. The summed E-state index contributed by atoms with van der Waals surface area (Å²) in [6.07, 6.45) is 0.952. The third-order valence-corrected chi connectivity index (χ3v) is 3.14. The van der Waals surface area contributed by atoms with Crippen LogP contribution in [0.2, 0.25) is 0 Å². The van der Waals surface area contributed by atoms with Crippen molar-refractivity contribution >= 4 is 0 Å². The summed E-state index contributed by atoms with van der Waals surface area (Å²) in [7, 11) is 1.63. The first-order valence-corrected chi connectivity index (χ1v) is 6.69. The van der Waals surface area contributed by atoms with Gasteiger partial charge in [0.05, 0.1) is 7.11 Å². The second-order valence-corrected chi connectivity index (χ2v) is 4.56. The van der Waals surface area contributed by atoms with E-state index < -0.39 is 0 Å². The standard InChI is InChI=1S/C16H20N2O2/c1-4-12-6-8-14(15(9-12)19-3)20-16-13(10-17)7-5-11(2)18-16/h5-9H,4,10,17H2,1-3H3. The molecule has 0 aliphatic carbocycles. The molecule has 1 heterocycles. The molecular weight excluding hydrogens is 252 g/mol. The Kier molecular flexibility index (Phi) is 4.58. The highest BCUT2D eigenvalue weighted by atomic mass is 16.5. The number of rotatable bonds is 5. The molecule has 0 spiro atoms. The van der Waals surface area contributed by atoms with Crippen molar-refractivity contribution < 1.29 is 9.47 Å². The van der Waals surface area contributed by atoms with E-state index in [0.717, 1.165) is 17.7 Å². The molecule has 0 radical (unpaired) electrons. The first-order valence-electron chi connectivity index (χ1n) is 6.69. The zero-order valence-corrected chi connectivity index (χ0v) is 12.1. The van der Waals surface area contributed by atoms with Crippen LogP contribution in [0.4, 0.5) is 0 Å². The molecule has 4 nitrogen and oxygen atoms in total. The molecule has 2 aromatic rings. The van der Waals surface area contributed by atoms with Gasteiger partial charge in [0.2, 0.25) is 5.88 Å². The summed E-state index contributed by atoms with van der Waals surface area (Å²) < 4.78 is 11.3. The number of hydrogen-bond acceptors (Lipinski definition) is 4. The molecule has 1 aromatic carbocycles. The number of aromatic nitrogens is 1. The van der Waals surface area contributed by atoms with Crippen LogP contribution in [0.5, 0.6) is 17.4 Å². The van der Waals surface area contributed by atoms with Gasteiger partial charge >= 0.3 is 0 Å². The predicted octanol–water partition coefficient (Wildman–Crippen LogP) is 3.21. The van der Waals surface area contributed by atoms with Crippen LogP contribution in [-0.4, -0.2) is 12.1 Å². The van der Waals surface area contributed by atoms with Crippen molar-refractivity contribution in [2.45, 2.75) is 26.8 Å². The average molecular weight is 272 g/mol. The molecule has 4 heteroatoms. The number of ether oxygens (including phenoxy) is 2. The van der Waals surface area contributed by atoms with Crippen molar-refractivity contribution in [1.29, 1.82) is 0 Å². The highest BCUT2D eigenvalue weighted by Crippen LogP contribution is 2.33. The molecule has 1 aromatic heterocycles. The Hall–Kier alpha value is -2.07. The Bertz CT molecular complexity index is 597. The van der Waals surface area contributed by atoms with E-state index in [4.69, 9.17) is 15.2 Å². The largest absolute Gasteiger partial charge is 0.493 e. The number of aryl methyl sites for hydroxylation is 2. The Labute approximate surface area is 119 Å². The minimum Gasteiger partial charge on any atom is -0.493 e. The first-order chi connectivity index (χ1) is 9.67. The van der Waals surface area contributed by atoms with Gasteiger partial charge in [-0.2, -0.15) is 0 Å². The third-order valence-electron chi connectivity index (χ3n) is 3.14. The highest BCUT2D eigenvalue weighted by Gasteiger charge is 2.10. The second-order valence-electron chi connectivity index (χ2n) is 4.56. The van der Waals surface area contributed by atoms with Crippen molar-refractivity contribution in [1.82, 2.24) is 4.98 Å². The molecule has 0 fully saturated rings. The zero-order valence-electron chi connectivity index (χ0n) is 12.1. The lowest BCUT2D eigenvalue weighted by atomic mass is 10.1. The summed E-state index contributed by atoms with van der Waals surface area (Å²) in [6.45, 7) is 4.41. The fourth-order valence-corrected chi connectivity index (χ4v) is 1.93. The van der Waals surface area contributed by atoms with Gasteiger partial charge in [0.25, 0.3) is 0 Å². The van der Waals surface area contributed by atoms with Crippen LogP contribution in [0.15, 0.2) is 30.3 Å². The van der Waals surface area contributed by atoms with Crippen molar-refractivity contribution in [3.63, 3.8) is 0 Å². The van der Waals surface area contributed by atoms with Gasteiger partial charge in [-0.25, -0.2) is 4.98 Å². The molecule has 2 N–H and O–H groups in total. The van der Waals surface area contributed by atoms with E-state index >= 15 is 0 Å². The van der Waals surface area contributed by atoms with Crippen LogP contribution in [0.1, 0.15) is 23.7 Å². The molecule has 0 unspecified atom stereocenters. The molecule has 106 valence electrons. The molecule has 0 amide bonds. The Morgan fingerprint density at radius 1 is 1.15 bits per heavy atom. The van der Waals surface area contributed by atoms with Gasteiger partial charge in [-0.3, -0.25) is 0 Å². The highest BCUT2D eigenvalue weighted by molar-refractivity contribution is 5.45. The van der Waals surface area contributed by atoms with Crippen molar-refractivity contribution in [3.05, 3.63) is 47.2 Å². The number of nitrogens with two attached hydrogens (primary N) is 1. The van der Waals surface area contributed by atoms with Crippen LogP contribution in [0.25, 0.3) is 0 Å². The van der Waals surface area contributed by atoms with E-state index in [2.05, 4.69) is 11.9 Å². The summed E-state index contributed by atoms with van der Waals surface area (Å²) in [4.78, 5) is 4.40. The van der Waals surface area contributed by atoms with Gasteiger partial charge in [0.15, 0.2) is 11.5 Å². The smallest absolute Gasteiger partial charge is 0.224 e. The molecule has 0 atom stereocenters. The van der Waals surface area contributed by atoms with Crippen LogP contribution in [0, 0.1) is 6.92 Å². The van der Waals surface area contributed by atoms with E-state index in [1.54, 1.807) is 7.11 Å². The normalized spacial score (nSPS) is 10.4. The second kappa shape index (κ2) is 6.39. The lowest BCUT2D eigenvalue weighted by molar-refractivity contribution is 0.372. The quantitative estimate of drug-likeness (QED) is 0.908. The lowest BCUT2D eigenvalue weighted by Crippen LogP contribution is -2.02. The summed E-state index contributed by atoms with van der Waals surface area (Å²) >= 11 is 0. The molecule has 20 heavy (non-hydrogen) atoms. The number of hydrogen-bond donors (Lipinski definition) is 1. The maximum absolute atomic E-state index is 5.89. The third kappa shape index (κ3) is 3.08. The van der Waals surface area contributed by atoms with E-state index in [1.807, 2.05) is 37.3 Å². The SMILES string of the molecule is CCc1ccc(Oc2nc(C)ccc2CN)c(OC)c1. The fourth-order valence-electron chi connectivity index (χ4n) is 1.93. The molecule has 0 aliphatic heterocycles. The van der Waals surface area contributed by atoms with E-state index in [0.29, 0.717) is 23.9 Å². The lowest BCUT2D eigenvalue weighted by Gasteiger charge is -2.13. The maximum atomic E-state index is 5.89. The molecule has 0 aliphatic rings. The van der Waals surface area contributed by atoms with Gasteiger partial charge in [0.1, 0.15) is 0 Å². The molecule has 0 saturated carbocycles. The van der Waals surface area contributed by atoms with Crippen LogP contribution in [0.3, 0.4) is 0 Å². The fraction of sp³-hybridized carbons (Fsp3) is 0.312.